The van der Waals surface area contributed by atoms with Crippen molar-refractivity contribution in [1.82, 2.24) is 20.3 Å². The average Bonchev–Trinajstić information content (AvgIpc) is 3.02. The highest BCUT2D eigenvalue weighted by Crippen LogP contribution is 2.15. The molecule has 1 aromatic carbocycles. The molecule has 1 amide bonds. The van der Waals surface area contributed by atoms with Gasteiger partial charge in [0, 0.05) is 7.11 Å². The van der Waals surface area contributed by atoms with E-state index in [1.807, 2.05) is 0 Å². The van der Waals surface area contributed by atoms with Crippen molar-refractivity contribution >= 4 is 11.9 Å². The molecule has 1 heterocycles. The minimum absolute atomic E-state index is 0.0385. The third-order valence-electron chi connectivity index (χ3n) is 3.67. The Morgan fingerprint density at radius 2 is 1.89 bits per heavy atom. The maximum atomic E-state index is 12.2. The highest BCUT2D eigenvalue weighted by molar-refractivity contribution is 5.93. The van der Waals surface area contributed by atoms with Crippen molar-refractivity contribution in [3.8, 4) is 11.4 Å². The summed E-state index contributed by atoms with van der Waals surface area (Å²) in [7, 11) is 1.59. The Balaban J connectivity index is 2.07. The Hall–Kier alpha value is -2.98. The van der Waals surface area contributed by atoms with Gasteiger partial charge in [-0.1, -0.05) is 0 Å². The van der Waals surface area contributed by atoms with E-state index in [-0.39, 0.29) is 5.69 Å². The maximum absolute atomic E-state index is 12.2. The van der Waals surface area contributed by atoms with Gasteiger partial charge in [-0.3, -0.25) is 4.79 Å². The first-order valence-corrected chi connectivity index (χ1v) is 8.14. The Labute approximate surface area is 155 Å². The lowest BCUT2D eigenvalue weighted by molar-refractivity contribution is -0.155. The van der Waals surface area contributed by atoms with Gasteiger partial charge in [-0.05, 0) is 38.1 Å². The smallest absolute Gasteiger partial charge is 0.337 e. The summed E-state index contributed by atoms with van der Waals surface area (Å²) in [4.78, 5) is 24.4. The third kappa shape index (κ3) is 5.25. The molecule has 1 aromatic heterocycles. The van der Waals surface area contributed by atoms with Crippen molar-refractivity contribution in [2.45, 2.75) is 19.4 Å². The average molecular weight is 378 g/mol. The van der Waals surface area contributed by atoms with E-state index in [2.05, 4.69) is 15.5 Å². The fraction of sp³-hybridized carbons (Fsp3) is 0.412. The van der Waals surface area contributed by atoms with Gasteiger partial charge in [0.2, 0.25) is 0 Å². The van der Waals surface area contributed by atoms with Crippen LogP contribution >= 0.6 is 0 Å². The largest absolute Gasteiger partial charge is 0.491 e. The van der Waals surface area contributed by atoms with Gasteiger partial charge in [0.25, 0.3) is 5.91 Å². The quantitative estimate of drug-likeness (QED) is 0.525. The molecule has 0 spiro atoms. The molecule has 146 valence electrons. The first kappa shape index (κ1) is 20.3. The second-order valence-electron chi connectivity index (χ2n) is 6.02. The number of nitrogens with one attached hydrogen (secondary N) is 1. The molecule has 10 nitrogen and oxygen atoms in total. The number of aryl methyl sites for hydroxylation is 1. The minimum Gasteiger partial charge on any atom is -0.491 e. The molecular formula is C17H22N4O6. The summed E-state index contributed by atoms with van der Waals surface area (Å²) in [5, 5.41) is 29.2. The van der Waals surface area contributed by atoms with Gasteiger partial charge in [-0.15, -0.1) is 5.10 Å². The summed E-state index contributed by atoms with van der Waals surface area (Å²) in [6, 6.07) is 6.96. The number of carboxylic acid groups (broad SMARTS) is 1. The summed E-state index contributed by atoms with van der Waals surface area (Å²) in [5.74, 6) is -1.40. The van der Waals surface area contributed by atoms with Crippen molar-refractivity contribution in [2.24, 2.45) is 0 Å². The molecule has 10 heteroatoms. The van der Waals surface area contributed by atoms with E-state index in [4.69, 9.17) is 14.6 Å². The van der Waals surface area contributed by atoms with Crippen LogP contribution in [0.3, 0.4) is 0 Å². The number of aromatic nitrogens is 3. The number of aliphatic carboxylic acids is 1. The number of nitrogens with zero attached hydrogens (tertiary/aromatic N) is 3. The molecule has 3 N–H and O–H groups in total. The van der Waals surface area contributed by atoms with Crippen LogP contribution in [-0.4, -0.2) is 69.6 Å². The summed E-state index contributed by atoms with van der Waals surface area (Å²) >= 11 is 0. The van der Waals surface area contributed by atoms with Gasteiger partial charge in [-0.25, -0.2) is 4.79 Å². The summed E-state index contributed by atoms with van der Waals surface area (Å²) < 4.78 is 10.4. The number of aliphatic hydroxyl groups is 1. The third-order valence-corrected chi connectivity index (χ3v) is 3.67. The molecule has 1 atom stereocenters. The lowest BCUT2D eigenvalue weighted by Gasteiger charge is -2.17. The molecule has 27 heavy (non-hydrogen) atoms. The van der Waals surface area contributed by atoms with Crippen molar-refractivity contribution in [1.29, 1.82) is 0 Å². The molecule has 0 aliphatic carbocycles. The summed E-state index contributed by atoms with van der Waals surface area (Å²) in [5.41, 5.74) is -1.05. The Kier molecular flexibility index (Phi) is 6.48. The van der Waals surface area contributed by atoms with E-state index in [9.17, 15) is 14.7 Å². The second-order valence-corrected chi connectivity index (χ2v) is 6.02. The minimum atomic E-state index is -2.07. The molecule has 1 unspecified atom stereocenters. The SMILES string of the molecule is COCCOc1ccc(-n2nc(C)c(C(=O)NCC(C)(O)C(=O)O)n2)cc1. The first-order chi connectivity index (χ1) is 12.7. The number of ether oxygens (including phenoxy) is 2. The Bertz CT molecular complexity index is 800. The normalized spacial score (nSPS) is 13.0. The number of hydrogen-bond donors (Lipinski definition) is 3. The molecule has 0 aliphatic heterocycles. The van der Waals surface area contributed by atoms with E-state index in [1.165, 1.54) is 4.80 Å². The highest BCUT2D eigenvalue weighted by atomic mass is 16.5. The molecule has 0 aliphatic rings. The fourth-order valence-corrected chi connectivity index (χ4v) is 2.03. The predicted octanol–water partition coefficient (Wildman–Crippen LogP) is 0.166. The number of benzene rings is 1. The van der Waals surface area contributed by atoms with Crippen LogP contribution in [0.1, 0.15) is 23.1 Å². The van der Waals surface area contributed by atoms with Crippen LogP contribution in [0, 0.1) is 6.92 Å². The van der Waals surface area contributed by atoms with E-state index in [1.54, 1.807) is 38.3 Å². The van der Waals surface area contributed by atoms with Gasteiger partial charge in [-0.2, -0.15) is 9.90 Å². The van der Waals surface area contributed by atoms with Crippen molar-refractivity contribution in [3.05, 3.63) is 35.7 Å². The molecule has 2 rings (SSSR count). The molecular weight excluding hydrogens is 356 g/mol. The van der Waals surface area contributed by atoms with Crippen LogP contribution in [0.25, 0.3) is 5.69 Å². The standard InChI is InChI=1S/C17H22N4O6/c1-11-14(15(22)18-10-17(2,25)16(23)24)20-21(19-11)12-4-6-13(7-5-12)27-9-8-26-3/h4-7,25H,8-10H2,1-3H3,(H,18,22)(H,23,24). The van der Waals surface area contributed by atoms with Crippen LogP contribution < -0.4 is 10.1 Å². The van der Waals surface area contributed by atoms with Crippen molar-refractivity contribution in [2.75, 3.05) is 26.9 Å². The first-order valence-electron chi connectivity index (χ1n) is 8.14. The predicted molar refractivity (Wildman–Crippen MR) is 94.1 cm³/mol. The lowest BCUT2D eigenvalue weighted by Crippen LogP contribution is -2.46. The highest BCUT2D eigenvalue weighted by Gasteiger charge is 2.31. The van der Waals surface area contributed by atoms with E-state index < -0.39 is 24.0 Å². The van der Waals surface area contributed by atoms with Crippen LogP contribution in [0.2, 0.25) is 0 Å². The number of amides is 1. The summed E-state index contributed by atoms with van der Waals surface area (Å²) in [6.07, 6.45) is 0. The molecule has 0 saturated carbocycles. The zero-order valence-electron chi connectivity index (χ0n) is 15.3. The lowest BCUT2D eigenvalue weighted by atomic mass is 10.1. The zero-order valence-corrected chi connectivity index (χ0v) is 15.3. The number of methoxy groups -OCH3 is 1. The topological polar surface area (TPSA) is 136 Å². The van der Waals surface area contributed by atoms with Gasteiger partial charge < -0.3 is 25.0 Å². The van der Waals surface area contributed by atoms with Crippen molar-refractivity contribution < 1.29 is 29.3 Å². The molecule has 2 aromatic rings. The molecule has 0 saturated heterocycles. The number of rotatable bonds is 9. The van der Waals surface area contributed by atoms with Gasteiger partial charge in [0.15, 0.2) is 11.3 Å². The molecule has 0 bridgehead atoms. The van der Waals surface area contributed by atoms with E-state index >= 15 is 0 Å². The van der Waals surface area contributed by atoms with Crippen molar-refractivity contribution in [3.63, 3.8) is 0 Å². The Morgan fingerprint density at radius 3 is 2.48 bits per heavy atom. The van der Waals surface area contributed by atoms with Crippen LogP contribution in [0.4, 0.5) is 0 Å². The second kappa shape index (κ2) is 8.60. The number of carbonyl (C=O) groups excluding carboxylic acids is 1. The zero-order chi connectivity index (χ0) is 20.0. The number of carbonyl (C=O) groups is 2. The number of carboxylic acids is 1. The Morgan fingerprint density at radius 1 is 1.22 bits per heavy atom. The van der Waals surface area contributed by atoms with E-state index in [0.717, 1.165) is 6.92 Å². The number of hydrogen-bond acceptors (Lipinski definition) is 7. The van der Waals surface area contributed by atoms with Crippen LogP contribution in [0.5, 0.6) is 5.75 Å². The van der Waals surface area contributed by atoms with Gasteiger partial charge >= 0.3 is 5.97 Å². The van der Waals surface area contributed by atoms with E-state index in [0.29, 0.717) is 30.3 Å². The fourth-order valence-electron chi connectivity index (χ4n) is 2.03. The van der Waals surface area contributed by atoms with Crippen LogP contribution in [0.15, 0.2) is 24.3 Å². The summed E-state index contributed by atoms with van der Waals surface area (Å²) in [6.45, 7) is 3.15. The molecule has 0 fully saturated rings. The monoisotopic (exact) mass is 378 g/mol. The van der Waals surface area contributed by atoms with Gasteiger partial charge in [0.05, 0.1) is 24.5 Å². The molecule has 0 radical (unpaired) electrons. The van der Waals surface area contributed by atoms with Crippen LogP contribution in [-0.2, 0) is 9.53 Å². The van der Waals surface area contributed by atoms with Gasteiger partial charge in [0.1, 0.15) is 12.4 Å². The maximum Gasteiger partial charge on any atom is 0.337 e.